The Morgan fingerprint density at radius 1 is 1.53 bits per heavy atom. The highest BCUT2D eigenvalue weighted by atomic mass is 35.5. The molecule has 0 unspecified atom stereocenters. The van der Waals surface area contributed by atoms with Gasteiger partial charge < -0.3 is 14.4 Å². The van der Waals surface area contributed by atoms with Crippen molar-refractivity contribution in [2.45, 2.75) is 6.61 Å². The number of aromatic nitrogens is 2. The first-order valence-corrected chi connectivity index (χ1v) is 4.96. The van der Waals surface area contributed by atoms with Crippen LogP contribution in [-0.4, -0.2) is 21.2 Å². The van der Waals surface area contributed by atoms with Crippen molar-refractivity contribution in [1.29, 1.82) is 0 Å². The summed E-state index contributed by atoms with van der Waals surface area (Å²) in [5.41, 5.74) is -0.0130. The summed E-state index contributed by atoms with van der Waals surface area (Å²) in [5, 5.41) is 12.7. The third-order valence-corrected chi connectivity index (χ3v) is 2.25. The van der Waals surface area contributed by atoms with Crippen molar-refractivity contribution < 1.29 is 19.2 Å². The maximum Gasteiger partial charge on any atom is 0.339 e. The maximum absolute atomic E-state index is 10.9. The third-order valence-electron chi connectivity index (χ3n) is 1.95. The Bertz CT molecular complexity index is 527. The Kier molecular flexibility index (Phi) is 3.24. The van der Waals surface area contributed by atoms with Gasteiger partial charge in [-0.15, -0.1) is 0 Å². The van der Waals surface area contributed by atoms with Gasteiger partial charge in [0.2, 0.25) is 12.2 Å². The summed E-state index contributed by atoms with van der Waals surface area (Å²) >= 11 is 5.86. The summed E-state index contributed by atoms with van der Waals surface area (Å²) in [7, 11) is 0. The van der Waals surface area contributed by atoms with E-state index in [2.05, 4.69) is 14.7 Å². The predicted octanol–water partition coefficient (Wildman–Crippen LogP) is 2.00. The number of para-hydroxylation sites is 1. The lowest BCUT2D eigenvalue weighted by Gasteiger charge is -2.08. The van der Waals surface area contributed by atoms with Gasteiger partial charge in [-0.05, 0) is 12.1 Å². The lowest BCUT2D eigenvalue weighted by atomic mass is 10.2. The lowest BCUT2D eigenvalue weighted by molar-refractivity contribution is 0.0691. The number of hydrogen-bond donors (Lipinski definition) is 1. The minimum atomic E-state index is -1.12. The molecule has 0 saturated carbocycles. The van der Waals surface area contributed by atoms with Crippen molar-refractivity contribution in [3.05, 3.63) is 41.0 Å². The van der Waals surface area contributed by atoms with E-state index in [9.17, 15) is 4.79 Å². The second-order valence-corrected chi connectivity index (χ2v) is 3.46. The highest BCUT2D eigenvalue weighted by Crippen LogP contribution is 2.29. The minimum absolute atomic E-state index is 0.0130. The number of rotatable bonds is 4. The molecule has 0 aliphatic heterocycles. The molecule has 1 aromatic heterocycles. The third kappa shape index (κ3) is 2.54. The van der Waals surface area contributed by atoms with E-state index < -0.39 is 5.97 Å². The number of halogens is 1. The molecule has 7 heteroatoms. The lowest BCUT2D eigenvalue weighted by Crippen LogP contribution is -2.04. The van der Waals surface area contributed by atoms with Gasteiger partial charge in [0.15, 0.2) is 12.4 Å². The van der Waals surface area contributed by atoms with Crippen LogP contribution < -0.4 is 4.74 Å². The number of benzene rings is 1. The summed E-state index contributed by atoms with van der Waals surface area (Å²) in [6.07, 6.45) is 1.16. The Morgan fingerprint density at radius 2 is 2.35 bits per heavy atom. The monoisotopic (exact) mass is 254 g/mol. The second-order valence-electron chi connectivity index (χ2n) is 3.06. The van der Waals surface area contributed by atoms with Crippen molar-refractivity contribution in [2.24, 2.45) is 0 Å². The molecule has 0 aliphatic carbocycles. The zero-order chi connectivity index (χ0) is 12.3. The van der Waals surface area contributed by atoms with Crippen LogP contribution in [0.5, 0.6) is 5.75 Å². The molecule has 0 spiro atoms. The molecule has 0 atom stereocenters. The number of carboxylic acids is 1. The van der Waals surface area contributed by atoms with Crippen LogP contribution in [0.15, 0.2) is 29.1 Å². The molecule has 0 bridgehead atoms. The molecule has 2 rings (SSSR count). The summed E-state index contributed by atoms with van der Waals surface area (Å²) in [6, 6.07) is 4.48. The molecule has 0 radical (unpaired) electrons. The van der Waals surface area contributed by atoms with Gasteiger partial charge in [-0.1, -0.05) is 22.8 Å². The first-order valence-electron chi connectivity index (χ1n) is 4.58. The van der Waals surface area contributed by atoms with E-state index in [1.165, 1.54) is 12.1 Å². The topological polar surface area (TPSA) is 85.5 Å². The van der Waals surface area contributed by atoms with E-state index in [-0.39, 0.29) is 22.9 Å². The van der Waals surface area contributed by atoms with Gasteiger partial charge in [0.25, 0.3) is 0 Å². The number of carboxylic acid groups (broad SMARTS) is 1. The van der Waals surface area contributed by atoms with Crippen LogP contribution in [0.3, 0.4) is 0 Å². The van der Waals surface area contributed by atoms with Crippen molar-refractivity contribution in [3.63, 3.8) is 0 Å². The average Bonchev–Trinajstić information content (AvgIpc) is 2.80. The molecule has 17 heavy (non-hydrogen) atoms. The molecular formula is C10H7ClN2O4. The van der Waals surface area contributed by atoms with Gasteiger partial charge in [0.05, 0.1) is 5.02 Å². The van der Waals surface area contributed by atoms with Crippen molar-refractivity contribution >= 4 is 17.6 Å². The Hall–Kier alpha value is -2.08. The van der Waals surface area contributed by atoms with Gasteiger partial charge in [-0.2, -0.15) is 4.98 Å². The largest absolute Gasteiger partial charge is 0.483 e. The predicted molar refractivity (Wildman–Crippen MR) is 57.0 cm³/mol. The normalized spacial score (nSPS) is 10.2. The molecule has 88 valence electrons. The highest BCUT2D eigenvalue weighted by molar-refractivity contribution is 6.32. The Labute approximate surface area is 101 Å². The van der Waals surface area contributed by atoms with Crippen LogP contribution in [0, 0.1) is 0 Å². The fourth-order valence-corrected chi connectivity index (χ4v) is 1.45. The number of ether oxygens (including phenoxy) is 1. The van der Waals surface area contributed by atoms with E-state index in [0.717, 1.165) is 6.39 Å². The SMILES string of the molecule is O=C(O)c1cccc(Cl)c1OCc1ncon1. The smallest absolute Gasteiger partial charge is 0.339 e. The zero-order valence-corrected chi connectivity index (χ0v) is 9.22. The van der Waals surface area contributed by atoms with Crippen molar-refractivity contribution in [2.75, 3.05) is 0 Å². The van der Waals surface area contributed by atoms with E-state index in [4.69, 9.17) is 21.4 Å². The Morgan fingerprint density at radius 3 is 3.00 bits per heavy atom. The minimum Gasteiger partial charge on any atom is -0.483 e. The average molecular weight is 255 g/mol. The molecule has 2 aromatic rings. The van der Waals surface area contributed by atoms with Gasteiger partial charge in [-0.3, -0.25) is 0 Å². The molecule has 0 amide bonds. The van der Waals surface area contributed by atoms with E-state index in [1.54, 1.807) is 6.07 Å². The molecule has 0 fully saturated rings. The highest BCUT2D eigenvalue weighted by Gasteiger charge is 2.15. The number of hydrogen-bond acceptors (Lipinski definition) is 5. The van der Waals surface area contributed by atoms with Crippen LogP contribution in [0.4, 0.5) is 0 Å². The molecule has 1 aromatic carbocycles. The molecule has 0 saturated heterocycles. The zero-order valence-electron chi connectivity index (χ0n) is 8.46. The molecule has 0 aliphatic rings. The van der Waals surface area contributed by atoms with E-state index >= 15 is 0 Å². The fraction of sp³-hybridized carbons (Fsp3) is 0.100. The Balaban J connectivity index is 2.22. The van der Waals surface area contributed by atoms with Gasteiger partial charge in [0, 0.05) is 0 Å². The molecule has 6 nitrogen and oxygen atoms in total. The maximum atomic E-state index is 10.9. The standard InChI is InChI=1S/C10H7ClN2O4/c11-7-3-1-2-6(10(14)15)9(7)16-4-8-12-5-17-13-8/h1-3,5H,4H2,(H,14,15). The van der Waals surface area contributed by atoms with Crippen LogP contribution >= 0.6 is 11.6 Å². The molecular weight excluding hydrogens is 248 g/mol. The second kappa shape index (κ2) is 4.84. The number of carbonyl (C=O) groups is 1. The van der Waals surface area contributed by atoms with Gasteiger partial charge >= 0.3 is 5.97 Å². The van der Waals surface area contributed by atoms with Gasteiger partial charge in [-0.25, -0.2) is 4.79 Å². The number of aromatic carboxylic acids is 1. The molecule has 1 heterocycles. The van der Waals surface area contributed by atoms with Crippen LogP contribution in [0.1, 0.15) is 16.2 Å². The quantitative estimate of drug-likeness (QED) is 0.898. The summed E-state index contributed by atoms with van der Waals surface area (Å²) < 4.78 is 9.80. The first kappa shape index (κ1) is 11.4. The van der Waals surface area contributed by atoms with Crippen LogP contribution in [0.2, 0.25) is 5.02 Å². The summed E-state index contributed by atoms with van der Waals surface area (Å²) in [6.45, 7) is -0.0134. The van der Waals surface area contributed by atoms with E-state index in [1.807, 2.05) is 0 Å². The van der Waals surface area contributed by atoms with Crippen LogP contribution in [0.25, 0.3) is 0 Å². The number of nitrogens with zero attached hydrogens (tertiary/aromatic N) is 2. The van der Waals surface area contributed by atoms with Crippen molar-refractivity contribution in [3.8, 4) is 5.75 Å². The summed E-state index contributed by atoms with van der Waals surface area (Å²) in [5.74, 6) is -0.719. The van der Waals surface area contributed by atoms with Gasteiger partial charge in [0.1, 0.15) is 5.56 Å². The van der Waals surface area contributed by atoms with E-state index in [0.29, 0.717) is 5.82 Å². The van der Waals surface area contributed by atoms with Crippen LogP contribution in [-0.2, 0) is 6.61 Å². The summed E-state index contributed by atoms with van der Waals surface area (Å²) in [4.78, 5) is 14.7. The van der Waals surface area contributed by atoms with Crippen molar-refractivity contribution in [1.82, 2.24) is 10.1 Å². The fourth-order valence-electron chi connectivity index (χ4n) is 1.22. The molecule has 1 N–H and O–H groups in total. The first-order chi connectivity index (χ1) is 8.18.